The molecule has 0 aliphatic rings. The Hall–Kier alpha value is -1.02. The van der Waals surface area contributed by atoms with Gasteiger partial charge in [-0.05, 0) is 18.6 Å². The van der Waals surface area contributed by atoms with Crippen LogP contribution in [0, 0.1) is 0 Å². The maximum absolute atomic E-state index is 5.56. The summed E-state index contributed by atoms with van der Waals surface area (Å²) in [5.41, 5.74) is 1.86. The monoisotopic (exact) mass is 211 g/mol. The van der Waals surface area contributed by atoms with Crippen LogP contribution in [0.15, 0.2) is 28.7 Å². The fraction of sp³-hybridized carbons (Fsp3) is 0.364. The quantitative estimate of drug-likeness (QED) is 0.776. The fourth-order valence-electron chi connectivity index (χ4n) is 1.35. The minimum Gasteiger partial charge on any atom is -0.441 e. The molecule has 1 heterocycles. The SMILES string of the molecule is CCCCc1nc2ccccc2o1.Cl. The van der Waals surface area contributed by atoms with Crippen LogP contribution in [0.4, 0.5) is 0 Å². The van der Waals surface area contributed by atoms with E-state index in [0.717, 1.165) is 29.8 Å². The lowest BCUT2D eigenvalue weighted by molar-refractivity contribution is 0.517. The highest BCUT2D eigenvalue weighted by Crippen LogP contribution is 2.15. The number of unbranched alkanes of at least 4 members (excludes halogenated alkanes) is 1. The molecular formula is C11H14ClNO. The average Bonchev–Trinajstić information content (AvgIpc) is 2.57. The summed E-state index contributed by atoms with van der Waals surface area (Å²) in [5.74, 6) is 0.864. The first-order chi connectivity index (χ1) is 6.40. The van der Waals surface area contributed by atoms with E-state index in [1.807, 2.05) is 24.3 Å². The summed E-state index contributed by atoms with van der Waals surface area (Å²) in [6.45, 7) is 2.17. The molecule has 0 saturated carbocycles. The zero-order valence-electron chi connectivity index (χ0n) is 8.19. The number of nitrogens with zero attached hydrogens (tertiary/aromatic N) is 1. The molecule has 2 aromatic rings. The van der Waals surface area contributed by atoms with E-state index in [1.54, 1.807) is 0 Å². The predicted molar refractivity (Wildman–Crippen MR) is 59.9 cm³/mol. The average molecular weight is 212 g/mol. The van der Waals surface area contributed by atoms with E-state index in [1.165, 1.54) is 6.42 Å². The van der Waals surface area contributed by atoms with Gasteiger partial charge in [-0.2, -0.15) is 0 Å². The highest BCUT2D eigenvalue weighted by molar-refractivity contribution is 5.85. The summed E-state index contributed by atoms with van der Waals surface area (Å²) >= 11 is 0. The van der Waals surface area contributed by atoms with Crippen LogP contribution in [0.5, 0.6) is 0 Å². The van der Waals surface area contributed by atoms with Gasteiger partial charge < -0.3 is 4.42 Å². The lowest BCUT2D eigenvalue weighted by Gasteiger charge is -1.89. The molecule has 0 atom stereocenters. The van der Waals surface area contributed by atoms with Gasteiger partial charge in [0, 0.05) is 6.42 Å². The van der Waals surface area contributed by atoms with Crippen molar-refractivity contribution >= 4 is 23.5 Å². The van der Waals surface area contributed by atoms with Gasteiger partial charge in [0.05, 0.1) is 0 Å². The van der Waals surface area contributed by atoms with Crippen molar-refractivity contribution in [3.63, 3.8) is 0 Å². The summed E-state index contributed by atoms with van der Waals surface area (Å²) in [7, 11) is 0. The van der Waals surface area contributed by atoms with Crippen LogP contribution in [-0.4, -0.2) is 4.98 Å². The van der Waals surface area contributed by atoms with Crippen LogP contribution >= 0.6 is 12.4 Å². The van der Waals surface area contributed by atoms with Crippen molar-refractivity contribution < 1.29 is 4.42 Å². The third kappa shape index (κ3) is 2.26. The van der Waals surface area contributed by atoms with Crippen molar-refractivity contribution in [2.24, 2.45) is 0 Å². The second kappa shape index (κ2) is 5.01. The van der Waals surface area contributed by atoms with Crippen LogP contribution in [0.1, 0.15) is 25.7 Å². The number of hydrogen-bond acceptors (Lipinski definition) is 2. The van der Waals surface area contributed by atoms with Gasteiger partial charge >= 0.3 is 0 Å². The second-order valence-electron chi connectivity index (χ2n) is 3.18. The van der Waals surface area contributed by atoms with Crippen molar-refractivity contribution in [1.82, 2.24) is 4.98 Å². The van der Waals surface area contributed by atoms with E-state index in [0.29, 0.717) is 0 Å². The van der Waals surface area contributed by atoms with E-state index in [-0.39, 0.29) is 12.4 Å². The maximum atomic E-state index is 5.56. The van der Waals surface area contributed by atoms with Gasteiger partial charge in [0.2, 0.25) is 0 Å². The molecule has 0 unspecified atom stereocenters. The van der Waals surface area contributed by atoms with E-state index >= 15 is 0 Å². The van der Waals surface area contributed by atoms with Gasteiger partial charge in [0.15, 0.2) is 11.5 Å². The van der Waals surface area contributed by atoms with E-state index in [9.17, 15) is 0 Å². The van der Waals surface area contributed by atoms with Crippen LogP contribution in [-0.2, 0) is 6.42 Å². The molecule has 0 aliphatic heterocycles. The Balaban J connectivity index is 0.000000980. The highest BCUT2D eigenvalue weighted by Gasteiger charge is 2.02. The lowest BCUT2D eigenvalue weighted by atomic mass is 10.2. The predicted octanol–water partition coefficient (Wildman–Crippen LogP) is 3.59. The summed E-state index contributed by atoms with van der Waals surface area (Å²) in [5, 5.41) is 0. The number of halogens is 1. The van der Waals surface area contributed by atoms with E-state index in [2.05, 4.69) is 11.9 Å². The van der Waals surface area contributed by atoms with E-state index < -0.39 is 0 Å². The van der Waals surface area contributed by atoms with Gasteiger partial charge in [0.1, 0.15) is 5.52 Å². The Morgan fingerprint density at radius 3 is 2.79 bits per heavy atom. The number of rotatable bonds is 3. The van der Waals surface area contributed by atoms with Crippen molar-refractivity contribution in [3.05, 3.63) is 30.2 Å². The van der Waals surface area contributed by atoms with Crippen molar-refractivity contribution in [1.29, 1.82) is 0 Å². The van der Waals surface area contributed by atoms with Gasteiger partial charge in [-0.25, -0.2) is 4.98 Å². The summed E-state index contributed by atoms with van der Waals surface area (Å²) in [6, 6.07) is 7.89. The van der Waals surface area contributed by atoms with Gasteiger partial charge in [-0.3, -0.25) is 0 Å². The van der Waals surface area contributed by atoms with Crippen LogP contribution in [0.25, 0.3) is 11.1 Å². The first-order valence-corrected chi connectivity index (χ1v) is 4.74. The van der Waals surface area contributed by atoms with Crippen LogP contribution in [0.2, 0.25) is 0 Å². The summed E-state index contributed by atoms with van der Waals surface area (Å²) in [6.07, 6.45) is 3.27. The Kier molecular flexibility index (Phi) is 3.96. The molecule has 0 spiro atoms. The standard InChI is InChI=1S/C11H13NO.ClH/c1-2-3-8-11-12-9-6-4-5-7-10(9)13-11;/h4-7H,2-3,8H2,1H3;1H. The molecular weight excluding hydrogens is 198 g/mol. The van der Waals surface area contributed by atoms with Gasteiger partial charge in [0.25, 0.3) is 0 Å². The third-order valence-electron chi connectivity index (χ3n) is 2.08. The zero-order chi connectivity index (χ0) is 9.10. The zero-order valence-corrected chi connectivity index (χ0v) is 9.01. The van der Waals surface area contributed by atoms with Crippen molar-refractivity contribution in [2.75, 3.05) is 0 Å². The molecule has 3 heteroatoms. The van der Waals surface area contributed by atoms with Crippen molar-refractivity contribution in [3.8, 4) is 0 Å². The molecule has 1 aromatic heterocycles. The number of fused-ring (bicyclic) bond motifs is 1. The largest absolute Gasteiger partial charge is 0.441 e. The van der Waals surface area contributed by atoms with Crippen LogP contribution < -0.4 is 0 Å². The smallest absolute Gasteiger partial charge is 0.195 e. The molecule has 2 nitrogen and oxygen atoms in total. The maximum Gasteiger partial charge on any atom is 0.195 e. The number of benzene rings is 1. The molecule has 0 amide bonds. The minimum atomic E-state index is 0. The normalized spacial score (nSPS) is 10.1. The first-order valence-electron chi connectivity index (χ1n) is 4.74. The molecule has 14 heavy (non-hydrogen) atoms. The van der Waals surface area contributed by atoms with Crippen LogP contribution in [0.3, 0.4) is 0 Å². The molecule has 0 radical (unpaired) electrons. The third-order valence-corrected chi connectivity index (χ3v) is 2.08. The molecule has 2 rings (SSSR count). The molecule has 1 aromatic carbocycles. The molecule has 0 aliphatic carbocycles. The minimum absolute atomic E-state index is 0. The Bertz CT molecular complexity index is 364. The summed E-state index contributed by atoms with van der Waals surface area (Å²) < 4.78 is 5.56. The Morgan fingerprint density at radius 1 is 1.29 bits per heavy atom. The number of hydrogen-bond donors (Lipinski definition) is 0. The number of oxazole rings is 1. The lowest BCUT2D eigenvalue weighted by Crippen LogP contribution is -1.82. The topological polar surface area (TPSA) is 26.0 Å². The van der Waals surface area contributed by atoms with Crippen molar-refractivity contribution in [2.45, 2.75) is 26.2 Å². The summed E-state index contributed by atoms with van der Waals surface area (Å²) in [4.78, 5) is 4.38. The second-order valence-corrected chi connectivity index (χ2v) is 3.18. The van der Waals surface area contributed by atoms with Gasteiger partial charge in [-0.1, -0.05) is 25.5 Å². The number of para-hydroxylation sites is 2. The number of aromatic nitrogens is 1. The highest BCUT2D eigenvalue weighted by atomic mass is 35.5. The molecule has 0 saturated heterocycles. The first kappa shape index (κ1) is 11.1. The molecule has 0 fully saturated rings. The Morgan fingerprint density at radius 2 is 2.07 bits per heavy atom. The number of aryl methyl sites for hydroxylation is 1. The Labute approximate surface area is 89.7 Å². The molecule has 0 bridgehead atoms. The molecule has 0 N–H and O–H groups in total. The van der Waals surface area contributed by atoms with Gasteiger partial charge in [-0.15, -0.1) is 12.4 Å². The fourth-order valence-corrected chi connectivity index (χ4v) is 1.35. The molecule has 76 valence electrons. The van der Waals surface area contributed by atoms with E-state index in [4.69, 9.17) is 4.42 Å².